The van der Waals surface area contributed by atoms with Gasteiger partial charge in [0.1, 0.15) is 17.7 Å². The van der Waals surface area contributed by atoms with Crippen LogP contribution in [0.3, 0.4) is 0 Å². The number of carboxylic acids is 1. The lowest BCUT2D eigenvalue weighted by atomic mass is 9.79. The fourth-order valence-corrected chi connectivity index (χ4v) is 4.70. The number of rotatable bonds is 10. The highest BCUT2D eigenvalue weighted by Crippen LogP contribution is 2.34. The first-order valence-corrected chi connectivity index (χ1v) is 12.0. The monoisotopic (exact) mass is 472 g/mol. The zero-order chi connectivity index (χ0) is 24.1. The highest BCUT2D eigenvalue weighted by atomic mass is 19.1. The summed E-state index contributed by atoms with van der Waals surface area (Å²) in [6.07, 6.45) is 8.73. The maximum Gasteiger partial charge on any atom is 0.326 e. The fourth-order valence-electron chi connectivity index (χ4n) is 4.70. The molecule has 2 aliphatic carbocycles. The van der Waals surface area contributed by atoms with E-state index < -0.39 is 29.6 Å². The molecule has 34 heavy (non-hydrogen) atoms. The number of nitrogens with one attached hydrogen (secondary N) is 1. The fraction of sp³-hybridized carbons (Fsp3) is 0.500. The molecule has 2 N–H and O–H groups in total. The van der Waals surface area contributed by atoms with Crippen molar-refractivity contribution in [2.24, 2.45) is 5.92 Å². The van der Waals surface area contributed by atoms with Crippen molar-refractivity contribution >= 4 is 11.9 Å². The SMILES string of the molecule is O=C(NC(CCOC1CC(CCc2ccc3c(n2)CCCC3)C1)C(=O)O)c1cc(F)cc(F)c1. The van der Waals surface area contributed by atoms with Crippen LogP contribution >= 0.6 is 0 Å². The summed E-state index contributed by atoms with van der Waals surface area (Å²) in [5.41, 5.74) is 3.55. The number of benzene rings is 1. The Kier molecular flexibility index (Phi) is 7.88. The number of halogens is 2. The Morgan fingerprint density at radius 2 is 1.85 bits per heavy atom. The van der Waals surface area contributed by atoms with E-state index in [0.717, 1.165) is 56.4 Å². The van der Waals surface area contributed by atoms with Crippen molar-refractivity contribution in [1.29, 1.82) is 0 Å². The number of carboxylic acid groups (broad SMARTS) is 1. The van der Waals surface area contributed by atoms with Crippen LogP contribution < -0.4 is 5.32 Å². The third-order valence-corrected chi connectivity index (χ3v) is 6.73. The molecule has 0 aliphatic heterocycles. The number of carbonyl (C=O) groups excluding carboxylic acids is 1. The number of nitrogens with zero attached hydrogens (tertiary/aromatic N) is 1. The molecule has 0 radical (unpaired) electrons. The first-order chi connectivity index (χ1) is 16.4. The van der Waals surface area contributed by atoms with Crippen LogP contribution in [0.5, 0.6) is 0 Å². The van der Waals surface area contributed by atoms with Gasteiger partial charge in [-0.3, -0.25) is 9.78 Å². The van der Waals surface area contributed by atoms with Gasteiger partial charge in [-0.25, -0.2) is 13.6 Å². The number of amides is 1. The van der Waals surface area contributed by atoms with E-state index in [4.69, 9.17) is 9.72 Å². The molecule has 2 aliphatic rings. The van der Waals surface area contributed by atoms with Gasteiger partial charge in [0, 0.05) is 36.0 Å². The van der Waals surface area contributed by atoms with Crippen molar-refractivity contribution in [2.45, 2.75) is 69.9 Å². The van der Waals surface area contributed by atoms with Crippen molar-refractivity contribution in [3.8, 4) is 0 Å². The topological polar surface area (TPSA) is 88.5 Å². The van der Waals surface area contributed by atoms with Crippen LogP contribution in [0, 0.1) is 17.6 Å². The number of aliphatic carboxylic acids is 1. The lowest BCUT2D eigenvalue weighted by Crippen LogP contribution is -2.42. The van der Waals surface area contributed by atoms with Gasteiger partial charge >= 0.3 is 5.97 Å². The first-order valence-electron chi connectivity index (χ1n) is 12.0. The van der Waals surface area contributed by atoms with Crippen LogP contribution in [0.1, 0.15) is 65.8 Å². The zero-order valence-corrected chi connectivity index (χ0v) is 19.1. The summed E-state index contributed by atoms with van der Waals surface area (Å²) in [7, 11) is 0. The third kappa shape index (κ3) is 6.38. The van der Waals surface area contributed by atoms with E-state index in [1.807, 2.05) is 0 Å². The number of ether oxygens (including phenoxy) is 1. The van der Waals surface area contributed by atoms with Crippen LogP contribution in [0.15, 0.2) is 30.3 Å². The summed E-state index contributed by atoms with van der Waals surface area (Å²) in [4.78, 5) is 28.5. The van der Waals surface area contributed by atoms with Crippen LogP contribution in [-0.4, -0.2) is 40.7 Å². The smallest absolute Gasteiger partial charge is 0.326 e. The molecule has 1 atom stereocenters. The van der Waals surface area contributed by atoms with Crippen LogP contribution in [0.2, 0.25) is 0 Å². The van der Waals surface area contributed by atoms with Crippen molar-refractivity contribution in [3.63, 3.8) is 0 Å². The van der Waals surface area contributed by atoms with Gasteiger partial charge in [-0.15, -0.1) is 0 Å². The minimum Gasteiger partial charge on any atom is -0.480 e. The van der Waals surface area contributed by atoms with Crippen LogP contribution in [0.4, 0.5) is 8.78 Å². The number of carbonyl (C=O) groups is 2. The Morgan fingerprint density at radius 1 is 1.12 bits per heavy atom. The van der Waals surface area contributed by atoms with Gasteiger partial charge in [0.15, 0.2) is 0 Å². The second-order valence-electron chi connectivity index (χ2n) is 9.30. The van der Waals surface area contributed by atoms with Gasteiger partial charge in [-0.1, -0.05) is 6.07 Å². The van der Waals surface area contributed by atoms with E-state index >= 15 is 0 Å². The molecule has 2 aromatic rings. The zero-order valence-electron chi connectivity index (χ0n) is 19.1. The third-order valence-electron chi connectivity index (χ3n) is 6.73. The van der Waals surface area contributed by atoms with Gasteiger partial charge in [0.2, 0.25) is 0 Å². The standard InChI is InChI=1S/C26H30F2N2O4/c27-19-13-18(14-20(28)15-19)25(31)30-24(26(32)33)9-10-34-22-11-16(12-22)5-7-21-8-6-17-3-1-2-4-23(17)29-21/h6,8,13-16,22,24H,1-5,7,9-12H2,(H,30,31)(H,32,33). The Hall–Kier alpha value is -2.87. The molecule has 6 nitrogen and oxygen atoms in total. The molecule has 1 unspecified atom stereocenters. The molecule has 1 aromatic carbocycles. The second kappa shape index (κ2) is 11.0. The lowest BCUT2D eigenvalue weighted by Gasteiger charge is -2.35. The second-order valence-corrected chi connectivity index (χ2v) is 9.30. The largest absolute Gasteiger partial charge is 0.480 e. The van der Waals surface area contributed by atoms with E-state index in [-0.39, 0.29) is 24.7 Å². The molecule has 1 saturated carbocycles. The molecular formula is C26H30F2N2O4. The molecule has 1 heterocycles. The molecule has 8 heteroatoms. The van der Waals surface area contributed by atoms with E-state index in [2.05, 4.69) is 17.4 Å². The molecule has 1 amide bonds. The first kappa shape index (κ1) is 24.3. The molecule has 0 saturated heterocycles. The van der Waals surface area contributed by atoms with Gasteiger partial charge in [-0.05, 0) is 81.0 Å². The maximum atomic E-state index is 13.3. The van der Waals surface area contributed by atoms with Crippen molar-refractivity contribution < 1.29 is 28.2 Å². The predicted molar refractivity (Wildman–Crippen MR) is 122 cm³/mol. The number of hydrogen-bond acceptors (Lipinski definition) is 4. The Labute approximate surface area is 197 Å². The summed E-state index contributed by atoms with van der Waals surface area (Å²) in [6, 6.07) is 5.55. The molecule has 182 valence electrons. The number of hydrogen-bond donors (Lipinski definition) is 2. The normalized spacial score (nSPS) is 20.2. The van der Waals surface area contributed by atoms with Crippen molar-refractivity contribution in [1.82, 2.24) is 10.3 Å². The molecular weight excluding hydrogens is 442 g/mol. The molecule has 0 bridgehead atoms. The number of aromatic nitrogens is 1. The molecule has 4 rings (SSSR count). The Balaban J connectivity index is 1.16. The summed E-state index contributed by atoms with van der Waals surface area (Å²) in [6.45, 7) is 0.179. The molecule has 0 spiro atoms. The van der Waals surface area contributed by atoms with E-state index in [0.29, 0.717) is 12.0 Å². The van der Waals surface area contributed by atoms with Crippen molar-refractivity contribution in [3.05, 3.63) is 64.5 Å². The van der Waals surface area contributed by atoms with E-state index in [1.54, 1.807) is 0 Å². The number of fused-ring (bicyclic) bond motifs is 1. The quantitative estimate of drug-likeness (QED) is 0.540. The van der Waals surface area contributed by atoms with E-state index in [9.17, 15) is 23.5 Å². The predicted octanol–water partition coefficient (Wildman–Crippen LogP) is 4.24. The molecule has 1 fully saturated rings. The van der Waals surface area contributed by atoms with Gasteiger partial charge in [0.05, 0.1) is 6.10 Å². The summed E-state index contributed by atoms with van der Waals surface area (Å²) < 4.78 is 32.4. The van der Waals surface area contributed by atoms with Crippen molar-refractivity contribution in [2.75, 3.05) is 6.61 Å². The molecule has 1 aromatic heterocycles. The summed E-state index contributed by atoms with van der Waals surface area (Å²) in [5.74, 6) is -3.30. The lowest BCUT2D eigenvalue weighted by molar-refractivity contribution is -0.140. The minimum absolute atomic E-state index is 0.0685. The summed E-state index contributed by atoms with van der Waals surface area (Å²) >= 11 is 0. The Bertz CT molecular complexity index is 1020. The maximum absolute atomic E-state index is 13.3. The average molecular weight is 473 g/mol. The van der Waals surface area contributed by atoms with Crippen LogP contribution in [-0.2, 0) is 28.8 Å². The van der Waals surface area contributed by atoms with Gasteiger partial charge in [-0.2, -0.15) is 0 Å². The van der Waals surface area contributed by atoms with Gasteiger partial charge < -0.3 is 15.2 Å². The number of aryl methyl sites for hydroxylation is 3. The Morgan fingerprint density at radius 3 is 2.59 bits per heavy atom. The average Bonchev–Trinajstić information content (AvgIpc) is 2.78. The minimum atomic E-state index is -1.22. The highest BCUT2D eigenvalue weighted by molar-refractivity contribution is 5.96. The highest BCUT2D eigenvalue weighted by Gasteiger charge is 2.30. The number of pyridine rings is 1. The van der Waals surface area contributed by atoms with Gasteiger partial charge in [0.25, 0.3) is 5.91 Å². The summed E-state index contributed by atoms with van der Waals surface area (Å²) in [5, 5.41) is 11.7. The van der Waals surface area contributed by atoms with E-state index in [1.165, 1.54) is 24.1 Å². The van der Waals surface area contributed by atoms with Crippen LogP contribution in [0.25, 0.3) is 0 Å².